The maximum absolute atomic E-state index is 12.4. The molecule has 2 aromatic carbocycles. The van der Waals surface area contributed by atoms with Crippen molar-refractivity contribution in [3.05, 3.63) is 71.0 Å². The van der Waals surface area contributed by atoms with Crippen LogP contribution in [-0.2, 0) is 7.05 Å². The second kappa shape index (κ2) is 4.31. The fourth-order valence-electron chi connectivity index (χ4n) is 2.66. The summed E-state index contributed by atoms with van der Waals surface area (Å²) in [7, 11) is 1.78. The quantitative estimate of drug-likeness (QED) is 0.536. The Morgan fingerprint density at radius 3 is 2.48 bits per heavy atom. The minimum atomic E-state index is -0.00221. The van der Waals surface area contributed by atoms with Crippen molar-refractivity contribution in [3.8, 4) is 11.3 Å². The first-order valence-electron chi connectivity index (χ1n) is 6.78. The number of aromatic nitrogens is 3. The van der Waals surface area contributed by atoms with E-state index >= 15 is 0 Å². The van der Waals surface area contributed by atoms with E-state index in [-0.39, 0.29) is 5.56 Å². The van der Waals surface area contributed by atoms with Gasteiger partial charge in [0.25, 0.3) is 5.56 Å². The van der Waals surface area contributed by atoms with Gasteiger partial charge in [-0.05, 0) is 12.1 Å². The molecule has 4 aromatic rings. The molecule has 4 rings (SSSR count). The van der Waals surface area contributed by atoms with Gasteiger partial charge in [0.05, 0.1) is 16.6 Å². The Labute approximate surface area is 120 Å². The Kier molecular flexibility index (Phi) is 2.44. The molecule has 0 aliphatic carbocycles. The Morgan fingerprint density at radius 1 is 0.952 bits per heavy atom. The van der Waals surface area contributed by atoms with E-state index in [9.17, 15) is 4.79 Å². The van der Waals surface area contributed by atoms with Gasteiger partial charge in [0.2, 0.25) is 0 Å². The van der Waals surface area contributed by atoms with Crippen LogP contribution in [0.3, 0.4) is 0 Å². The maximum atomic E-state index is 12.4. The molecule has 0 spiro atoms. The van der Waals surface area contributed by atoms with E-state index in [2.05, 4.69) is 5.10 Å². The number of benzene rings is 2. The van der Waals surface area contributed by atoms with Crippen LogP contribution in [0.5, 0.6) is 0 Å². The molecule has 0 aliphatic rings. The number of rotatable bonds is 1. The molecule has 0 N–H and O–H groups in total. The van der Waals surface area contributed by atoms with Crippen molar-refractivity contribution < 1.29 is 0 Å². The molecule has 21 heavy (non-hydrogen) atoms. The molecule has 0 radical (unpaired) electrons. The number of aryl methyl sites for hydroxylation is 1. The van der Waals surface area contributed by atoms with Crippen molar-refractivity contribution in [1.29, 1.82) is 0 Å². The van der Waals surface area contributed by atoms with E-state index in [4.69, 9.17) is 0 Å². The van der Waals surface area contributed by atoms with Crippen LogP contribution in [0.4, 0.5) is 0 Å². The third-order valence-electron chi connectivity index (χ3n) is 3.77. The number of hydrogen-bond donors (Lipinski definition) is 0. The van der Waals surface area contributed by atoms with Crippen molar-refractivity contribution in [2.75, 3.05) is 0 Å². The van der Waals surface area contributed by atoms with E-state index < -0.39 is 0 Å². The van der Waals surface area contributed by atoms with E-state index in [0.717, 1.165) is 22.4 Å². The molecule has 0 atom stereocenters. The summed E-state index contributed by atoms with van der Waals surface area (Å²) in [4.78, 5) is 12.4. The summed E-state index contributed by atoms with van der Waals surface area (Å²) in [5, 5.41) is 5.35. The third-order valence-corrected chi connectivity index (χ3v) is 3.77. The minimum Gasteiger partial charge on any atom is -0.296 e. The largest absolute Gasteiger partial charge is 0.296 e. The molecule has 0 aliphatic heterocycles. The zero-order chi connectivity index (χ0) is 14.4. The minimum absolute atomic E-state index is 0.00221. The van der Waals surface area contributed by atoms with Crippen LogP contribution < -0.4 is 5.56 Å². The predicted molar refractivity (Wildman–Crippen MR) is 83.4 cm³/mol. The summed E-state index contributed by atoms with van der Waals surface area (Å²) < 4.78 is 3.47. The molecule has 2 aromatic heterocycles. The normalized spacial score (nSPS) is 11.3. The molecular formula is C17H13N3O. The second-order valence-corrected chi connectivity index (χ2v) is 5.05. The molecule has 0 bridgehead atoms. The van der Waals surface area contributed by atoms with Crippen LogP contribution in [0.15, 0.2) is 65.5 Å². The summed E-state index contributed by atoms with van der Waals surface area (Å²) >= 11 is 0. The summed E-state index contributed by atoms with van der Waals surface area (Å²) in [6.45, 7) is 0. The van der Waals surface area contributed by atoms with Crippen molar-refractivity contribution in [2.45, 2.75) is 0 Å². The fraction of sp³-hybridized carbons (Fsp3) is 0.0588. The lowest BCUT2D eigenvalue weighted by Crippen LogP contribution is -2.19. The molecule has 4 heteroatoms. The van der Waals surface area contributed by atoms with Gasteiger partial charge in [-0.1, -0.05) is 42.5 Å². The summed E-state index contributed by atoms with van der Waals surface area (Å²) in [5.41, 5.74) is 3.52. The van der Waals surface area contributed by atoms with Gasteiger partial charge in [-0.2, -0.15) is 5.10 Å². The highest BCUT2D eigenvalue weighted by atomic mass is 16.1. The SMILES string of the molecule is Cn1c(=O)c2ccccc2n2nc(-c3ccccc3)cc12. The molecule has 0 saturated carbocycles. The maximum Gasteiger partial charge on any atom is 0.261 e. The van der Waals surface area contributed by atoms with Gasteiger partial charge in [-0.15, -0.1) is 0 Å². The van der Waals surface area contributed by atoms with Gasteiger partial charge < -0.3 is 0 Å². The molecular weight excluding hydrogens is 262 g/mol. The van der Waals surface area contributed by atoms with Crippen LogP contribution in [0.25, 0.3) is 27.8 Å². The van der Waals surface area contributed by atoms with Gasteiger partial charge in [0, 0.05) is 18.7 Å². The average Bonchev–Trinajstić information content (AvgIpc) is 2.99. The van der Waals surface area contributed by atoms with Gasteiger partial charge in [0.1, 0.15) is 5.65 Å². The van der Waals surface area contributed by atoms with E-state index in [1.54, 1.807) is 11.6 Å². The second-order valence-electron chi connectivity index (χ2n) is 5.05. The molecule has 0 unspecified atom stereocenters. The van der Waals surface area contributed by atoms with Crippen LogP contribution in [-0.4, -0.2) is 14.2 Å². The summed E-state index contributed by atoms with van der Waals surface area (Å²) in [6, 6.07) is 19.5. The fourth-order valence-corrected chi connectivity index (χ4v) is 2.66. The Balaban J connectivity index is 2.15. The van der Waals surface area contributed by atoms with Crippen molar-refractivity contribution in [3.63, 3.8) is 0 Å². The lowest BCUT2D eigenvalue weighted by Gasteiger charge is -2.05. The standard InChI is InChI=1S/C17H13N3O/c1-19-16-11-14(12-7-3-2-4-8-12)18-20(16)15-10-6-5-9-13(15)17(19)21/h2-11H,1H3. The first-order chi connectivity index (χ1) is 10.3. The van der Waals surface area contributed by atoms with Gasteiger partial charge in [-0.3, -0.25) is 9.36 Å². The van der Waals surface area contributed by atoms with Gasteiger partial charge in [0.15, 0.2) is 0 Å². The van der Waals surface area contributed by atoms with Crippen molar-refractivity contribution in [2.24, 2.45) is 7.05 Å². The van der Waals surface area contributed by atoms with E-state index in [1.165, 1.54) is 0 Å². The molecule has 102 valence electrons. The Bertz CT molecular complexity index is 1010. The molecule has 0 fully saturated rings. The smallest absolute Gasteiger partial charge is 0.261 e. The molecule has 4 nitrogen and oxygen atoms in total. The summed E-state index contributed by atoms with van der Waals surface area (Å²) in [5.74, 6) is 0. The topological polar surface area (TPSA) is 39.3 Å². The number of para-hydroxylation sites is 1. The third kappa shape index (κ3) is 1.69. The average molecular weight is 275 g/mol. The highest BCUT2D eigenvalue weighted by Crippen LogP contribution is 2.21. The highest BCUT2D eigenvalue weighted by Gasteiger charge is 2.11. The number of nitrogens with zero attached hydrogens (tertiary/aromatic N) is 3. The summed E-state index contributed by atoms with van der Waals surface area (Å²) in [6.07, 6.45) is 0. The monoisotopic (exact) mass is 275 g/mol. The molecule has 0 amide bonds. The van der Waals surface area contributed by atoms with Crippen LogP contribution in [0.1, 0.15) is 0 Å². The van der Waals surface area contributed by atoms with Crippen LogP contribution in [0.2, 0.25) is 0 Å². The Morgan fingerprint density at radius 2 is 1.67 bits per heavy atom. The predicted octanol–water partition coefficient (Wildman–Crippen LogP) is 2.85. The molecule has 2 heterocycles. The lowest BCUT2D eigenvalue weighted by molar-refractivity contribution is 0.850. The van der Waals surface area contributed by atoms with E-state index in [1.807, 2.05) is 65.2 Å². The first-order valence-corrected chi connectivity index (χ1v) is 6.78. The van der Waals surface area contributed by atoms with Gasteiger partial charge >= 0.3 is 0 Å². The Hall–Kier alpha value is -2.88. The van der Waals surface area contributed by atoms with Crippen LogP contribution >= 0.6 is 0 Å². The number of hydrogen-bond acceptors (Lipinski definition) is 2. The number of fused-ring (bicyclic) bond motifs is 3. The first kappa shape index (κ1) is 11.9. The lowest BCUT2D eigenvalue weighted by atomic mass is 10.2. The highest BCUT2D eigenvalue weighted by molar-refractivity contribution is 5.81. The molecule has 0 saturated heterocycles. The van der Waals surface area contributed by atoms with Gasteiger partial charge in [-0.25, -0.2) is 4.52 Å². The van der Waals surface area contributed by atoms with Crippen LogP contribution in [0, 0.1) is 0 Å². The van der Waals surface area contributed by atoms with Crippen molar-refractivity contribution in [1.82, 2.24) is 14.2 Å². The van der Waals surface area contributed by atoms with E-state index in [0.29, 0.717) is 5.39 Å². The zero-order valence-corrected chi connectivity index (χ0v) is 11.5. The zero-order valence-electron chi connectivity index (χ0n) is 11.5. The van der Waals surface area contributed by atoms with Crippen molar-refractivity contribution >= 4 is 16.6 Å².